The van der Waals surface area contributed by atoms with Gasteiger partial charge in [-0.3, -0.25) is 4.79 Å². The topological polar surface area (TPSA) is 76.1 Å². The zero-order valence-corrected chi connectivity index (χ0v) is 13.0. The van der Waals surface area contributed by atoms with E-state index >= 15 is 0 Å². The Kier molecular flexibility index (Phi) is 5.18. The number of likely N-dealkylation sites (N-methyl/N-ethyl adjacent to an activating group) is 1. The number of aliphatic carboxylic acids is 1. The molecule has 1 aromatic rings. The molecule has 21 heavy (non-hydrogen) atoms. The predicted octanol–water partition coefficient (Wildman–Crippen LogP) is 1.87. The second-order valence-electron chi connectivity index (χ2n) is 4.71. The lowest BCUT2D eigenvalue weighted by molar-refractivity contribution is -0.158. The number of carbonyl (C=O) groups excluding carboxylic acids is 1. The lowest BCUT2D eigenvalue weighted by atomic mass is 9.88. The maximum absolute atomic E-state index is 11.9. The second kappa shape index (κ2) is 6.47. The first-order chi connectivity index (χ1) is 9.82. The maximum Gasteiger partial charge on any atom is 0.334 e. The van der Waals surface area contributed by atoms with Crippen molar-refractivity contribution < 1.29 is 24.2 Å². The van der Waals surface area contributed by atoms with Crippen LogP contribution in [0.3, 0.4) is 0 Å². The van der Waals surface area contributed by atoms with Crippen LogP contribution in [-0.2, 0) is 15.1 Å². The summed E-state index contributed by atoms with van der Waals surface area (Å²) >= 11 is 0. The van der Waals surface area contributed by atoms with Crippen molar-refractivity contribution >= 4 is 11.9 Å². The molecule has 0 aliphatic heterocycles. The number of benzene rings is 1. The van der Waals surface area contributed by atoms with E-state index in [1.165, 1.54) is 33.0 Å². The summed E-state index contributed by atoms with van der Waals surface area (Å²) in [6.07, 6.45) is 0. The van der Waals surface area contributed by atoms with Crippen LogP contribution in [-0.4, -0.2) is 42.6 Å². The number of hydrogen-bond acceptors (Lipinski definition) is 4. The summed E-state index contributed by atoms with van der Waals surface area (Å²) in [5.41, 5.74) is -1.17. The van der Waals surface area contributed by atoms with E-state index in [0.717, 1.165) is 0 Å². The van der Waals surface area contributed by atoms with Crippen LogP contribution in [0.25, 0.3) is 0 Å². The Hall–Kier alpha value is -2.24. The van der Waals surface area contributed by atoms with Crippen molar-refractivity contribution in [3.05, 3.63) is 23.8 Å². The molecule has 0 aromatic heterocycles. The molecule has 0 spiro atoms. The van der Waals surface area contributed by atoms with Crippen molar-refractivity contribution in [3.63, 3.8) is 0 Å². The highest BCUT2D eigenvalue weighted by Gasteiger charge is 2.44. The van der Waals surface area contributed by atoms with Crippen LogP contribution >= 0.6 is 0 Å². The molecule has 1 atom stereocenters. The van der Waals surface area contributed by atoms with Crippen LogP contribution in [0, 0.1) is 0 Å². The second-order valence-corrected chi connectivity index (χ2v) is 4.71. The van der Waals surface area contributed by atoms with Gasteiger partial charge in [-0.25, -0.2) is 4.79 Å². The Morgan fingerprint density at radius 2 is 1.90 bits per heavy atom. The highest BCUT2D eigenvalue weighted by atomic mass is 16.5. The molecule has 1 aromatic carbocycles. The molecule has 6 heteroatoms. The summed E-state index contributed by atoms with van der Waals surface area (Å²) in [5.74, 6) is -0.573. The Bertz CT molecular complexity index is 543. The molecule has 1 unspecified atom stereocenters. The van der Waals surface area contributed by atoms with Gasteiger partial charge in [0.2, 0.25) is 5.91 Å². The summed E-state index contributed by atoms with van der Waals surface area (Å²) in [6.45, 7) is 4.82. The van der Waals surface area contributed by atoms with Crippen molar-refractivity contribution in [2.75, 3.05) is 20.8 Å². The number of carboxylic acid groups (broad SMARTS) is 1. The van der Waals surface area contributed by atoms with E-state index in [9.17, 15) is 14.7 Å². The van der Waals surface area contributed by atoms with Gasteiger partial charge in [-0.1, -0.05) is 0 Å². The lowest BCUT2D eigenvalue weighted by Gasteiger charge is -2.37. The number of methoxy groups -OCH3 is 2. The standard InChI is InChI=1S/C15H21NO5/c1-6-16(10(2)17)15(3,14(18)19)12-9-11(20-4)7-8-13(12)21-5/h7-9H,6H2,1-5H3,(H,18,19). The first-order valence-corrected chi connectivity index (χ1v) is 6.57. The molecule has 0 heterocycles. The van der Waals surface area contributed by atoms with Crippen molar-refractivity contribution in [2.24, 2.45) is 0 Å². The third kappa shape index (κ3) is 2.94. The van der Waals surface area contributed by atoms with Gasteiger partial charge in [0, 0.05) is 19.0 Å². The SMILES string of the molecule is CCN(C(C)=O)C(C)(C(=O)O)c1cc(OC)ccc1OC. The van der Waals surface area contributed by atoms with Gasteiger partial charge in [0.15, 0.2) is 5.54 Å². The van der Waals surface area contributed by atoms with Crippen LogP contribution in [0.2, 0.25) is 0 Å². The van der Waals surface area contributed by atoms with Crippen molar-refractivity contribution in [2.45, 2.75) is 26.3 Å². The average Bonchev–Trinajstić information content (AvgIpc) is 2.46. The van der Waals surface area contributed by atoms with Crippen LogP contribution < -0.4 is 9.47 Å². The van der Waals surface area contributed by atoms with E-state index in [0.29, 0.717) is 17.1 Å². The predicted molar refractivity (Wildman–Crippen MR) is 77.6 cm³/mol. The first-order valence-electron chi connectivity index (χ1n) is 6.57. The normalized spacial score (nSPS) is 13.2. The monoisotopic (exact) mass is 295 g/mol. The summed E-state index contributed by atoms with van der Waals surface area (Å²) in [7, 11) is 2.95. The van der Waals surface area contributed by atoms with E-state index in [-0.39, 0.29) is 12.5 Å². The molecular formula is C15H21NO5. The number of nitrogens with zero attached hydrogens (tertiary/aromatic N) is 1. The molecule has 0 aliphatic rings. The van der Waals surface area contributed by atoms with E-state index in [2.05, 4.69) is 0 Å². The van der Waals surface area contributed by atoms with Gasteiger partial charge >= 0.3 is 5.97 Å². The van der Waals surface area contributed by atoms with E-state index in [1.807, 2.05) is 0 Å². The third-order valence-electron chi connectivity index (χ3n) is 3.58. The van der Waals surface area contributed by atoms with Gasteiger partial charge in [0.05, 0.1) is 14.2 Å². The smallest absolute Gasteiger partial charge is 0.334 e. The zero-order valence-electron chi connectivity index (χ0n) is 13.0. The van der Waals surface area contributed by atoms with Gasteiger partial charge in [0.25, 0.3) is 0 Å². The quantitative estimate of drug-likeness (QED) is 0.867. The van der Waals surface area contributed by atoms with E-state index < -0.39 is 11.5 Å². The molecule has 1 rings (SSSR count). The molecule has 0 saturated heterocycles. The minimum Gasteiger partial charge on any atom is -0.497 e. The molecule has 0 fully saturated rings. The van der Waals surface area contributed by atoms with Crippen molar-refractivity contribution in [1.29, 1.82) is 0 Å². The zero-order chi connectivity index (χ0) is 16.2. The highest BCUT2D eigenvalue weighted by molar-refractivity contribution is 5.88. The molecule has 1 N–H and O–H groups in total. The van der Waals surface area contributed by atoms with E-state index in [4.69, 9.17) is 9.47 Å². The number of hydrogen-bond donors (Lipinski definition) is 1. The maximum atomic E-state index is 11.9. The van der Waals surface area contributed by atoms with Crippen LogP contribution in [0.4, 0.5) is 0 Å². The summed E-state index contributed by atoms with van der Waals surface area (Å²) < 4.78 is 10.4. The number of amides is 1. The molecule has 1 amide bonds. The minimum atomic E-state index is -1.54. The van der Waals surface area contributed by atoms with Gasteiger partial charge in [-0.15, -0.1) is 0 Å². The molecular weight excluding hydrogens is 274 g/mol. The summed E-state index contributed by atoms with van der Waals surface area (Å²) in [5, 5.41) is 9.73. The number of rotatable bonds is 6. The Morgan fingerprint density at radius 3 is 2.29 bits per heavy atom. The first kappa shape index (κ1) is 16.8. The fourth-order valence-electron chi connectivity index (χ4n) is 2.42. The summed E-state index contributed by atoms with van der Waals surface area (Å²) in [4.78, 5) is 25.0. The highest BCUT2D eigenvalue weighted by Crippen LogP contribution is 2.37. The van der Waals surface area contributed by atoms with Crippen molar-refractivity contribution in [3.8, 4) is 11.5 Å². The van der Waals surface area contributed by atoms with Gasteiger partial charge in [-0.2, -0.15) is 0 Å². The van der Waals surface area contributed by atoms with Crippen LogP contribution in [0.5, 0.6) is 11.5 Å². The van der Waals surface area contributed by atoms with Crippen LogP contribution in [0.1, 0.15) is 26.3 Å². The average molecular weight is 295 g/mol. The number of ether oxygens (including phenoxy) is 2. The molecule has 0 bridgehead atoms. The third-order valence-corrected chi connectivity index (χ3v) is 3.58. The van der Waals surface area contributed by atoms with E-state index in [1.54, 1.807) is 25.1 Å². The van der Waals surface area contributed by atoms with Gasteiger partial charge in [0.1, 0.15) is 11.5 Å². The largest absolute Gasteiger partial charge is 0.497 e. The number of carbonyl (C=O) groups is 2. The van der Waals surface area contributed by atoms with Crippen molar-refractivity contribution in [1.82, 2.24) is 4.90 Å². The summed E-state index contributed by atoms with van der Waals surface area (Å²) in [6, 6.07) is 4.89. The lowest BCUT2D eigenvalue weighted by Crippen LogP contribution is -2.52. The Labute approximate surface area is 124 Å². The van der Waals surface area contributed by atoms with Gasteiger partial charge < -0.3 is 19.5 Å². The molecule has 6 nitrogen and oxygen atoms in total. The van der Waals surface area contributed by atoms with Gasteiger partial charge in [-0.05, 0) is 32.0 Å². The minimum absolute atomic E-state index is 0.262. The molecule has 0 saturated carbocycles. The van der Waals surface area contributed by atoms with Crippen LogP contribution in [0.15, 0.2) is 18.2 Å². The Balaban J connectivity index is 3.61. The molecule has 0 radical (unpaired) electrons. The fraction of sp³-hybridized carbons (Fsp3) is 0.467. The molecule has 0 aliphatic carbocycles. The molecule has 116 valence electrons. The number of carboxylic acids is 1. The Morgan fingerprint density at radius 1 is 1.29 bits per heavy atom. The fourth-order valence-corrected chi connectivity index (χ4v) is 2.42.